The molecule has 0 bridgehead atoms. The van der Waals surface area contributed by atoms with E-state index in [9.17, 15) is 0 Å². The van der Waals surface area contributed by atoms with Crippen LogP contribution >= 0.6 is 7.92 Å². The van der Waals surface area contributed by atoms with Crippen LogP contribution < -0.4 is 25.6 Å². The molecule has 5 rings (SSSR count). The normalized spacial score (nSPS) is 14.2. The lowest BCUT2D eigenvalue weighted by molar-refractivity contribution is 0.399. The number of nitrogens with zero attached hydrogens (tertiary/aromatic N) is 1. The first-order chi connectivity index (χ1) is 18.3. The van der Waals surface area contributed by atoms with E-state index < -0.39 is 7.92 Å². The highest BCUT2D eigenvalue weighted by Gasteiger charge is 2.29. The van der Waals surface area contributed by atoms with Crippen molar-refractivity contribution < 1.29 is 4.74 Å². The molecule has 0 atom stereocenters. The van der Waals surface area contributed by atoms with Gasteiger partial charge in [0.25, 0.3) is 0 Å². The van der Waals surface area contributed by atoms with Crippen LogP contribution in [0.3, 0.4) is 0 Å². The molecule has 0 spiro atoms. The van der Waals surface area contributed by atoms with Crippen molar-refractivity contribution in [2.24, 2.45) is 0 Å². The van der Waals surface area contributed by atoms with E-state index in [2.05, 4.69) is 126 Å². The highest BCUT2D eigenvalue weighted by molar-refractivity contribution is 7.80. The van der Waals surface area contributed by atoms with Crippen LogP contribution in [0.4, 0.5) is 5.69 Å². The van der Waals surface area contributed by atoms with Crippen molar-refractivity contribution in [1.82, 2.24) is 0 Å². The van der Waals surface area contributed by atoms with Gasteiger partial charge in [-0.25, -0.2) is 0 Å². The Bertz CT molecular complexity index is 1230. The first-order valence-corrected chi connectivity index (χ1v) is 14.7. The van der Waals surface area contributed by atoms with Crippen molar-refractivity contribution in [3.63, 3.8) is 0 Å². The molecule has 0 aliphatic heterocycles. The summed E-state index contributed by atoms with van der Waals surface area (Å²) in [6.45, 7) is 0.861. The van der Waals surface area contributed by atoms with E-state index in [1.165, 1.54) is 59.3 Å². The molecule has 4 aromatic carbocycles. The van der Waals surface area contributed by atoms with Gasteiger partial charge in [-0.2, -0.15) is 0 Å². The van der Waals surface area contributed by atoms with Crippen LogP contribution in [0.2, 0.25) is 0 Å². The van der Waals surface area contributed by atoms with Crippen molar-refractivity contribution in [1.29, 1.82) is 0 Å². The minimum atomic E-state index is -0.747. The Morgan fingerprint density at radius 3 is 1.92 bits per heavy atom. The van der Waals surface area contributed by atoms with E-state index >= 15 is 0 Å². The molecule has 0 saturated heterocycles. The monoisotopic (exact) mass is 505 g/mol. The summed E-state index contributed by atoms with van der Waals surface area (Å²) in [5.74, 6) is 0.968. The second-order valence-corrected chi connectivity index (χ2v) is 11.8. The topological polar surface area (TPSA) is 12.5 Å². The molecule has 0 N–H and O–H groups in total. The molecule has 1 aliphatic carbocycles. The number of benzene rings is 4. The van der Waals surface area contributed by atoms with Gasteiger partial charge in [0.15, 0.2) is 0 Å². The molecule has 0 amide bonds. The van der Waals surface area contributed by atoms with Gasteiger partial charge in [0.2, 0.25) is 0 Å². The minimum Gasteiger partial charge on any atom is -0.495 e. The van der Waals surface area contributed by atoms with Crippen LogP contribution in [0.25, 0.3) is 6.08 Å². The minimum absolute atomic E-state index is 0.507. The van der Waals surface area contributed by atoms with Gasteiger partial charge in [-0.3, -0.25) is 0 Å². The Hall–Kier alpha value is -3.35. The van der Waals surface area contributed by atoms with Crippen LogP contribution in [0, 0.1) is 0 Å². The Morgan fingerprint density at radius 1 is 0.730 bits per heavy atom. The molecular weight excluding hydrogens is 469 g/mol. The Balaban J connectivity index is 1.63. The third kappa shape index (κ3) is 6.14. The Kier molecular flexibility index (Phi) is 8.72. The number of para-hydroxylation sites is 1. The molecule has 1 aliphatic rings. The van der Waals surface area contributed by atoms with Crippen molar-refractivity contribution in [2.45, 2.75) is 38.1 Å². The van der Waals surface area contributed by atoms with Crippen molar-refractivity contribution in [3.05, 3.63) is 121 Å². The quantitative estimate of drug-likeness (QED) is 0.221. The van der Waals surface area contributed by atoms with Gasteiger partial charge in [-0.05, 0) is 43.0 Å². The summed E-state index contributed by atoms with van der Waals surface area (Å²) in [5.41, 5.74) is 2.50. The van der Waals surface area contributed by atoms with E-state index in [1.807, 2.05) is 7.11 Å². The highest BCUT2D eigenvalue weighted by Crippen LogP contribution is 2.42. The number of rotatable bonds is 9. The van der Waals surface area contributed by atoms with E-state index in [4.69, 9.17) is 4.74 Å². The summed E-state index contributed by atoms with van der Waals surface area (Å²) in [6, 6.07) is 39.7. The maximum atomic E-state index is 6.09. The zero-order chi connectivity index (χ0) is 25.3. The van der Waals surface area contributed by atoms with Gasteiger partial charge in [0.1, 0.15) is 5.75 Å². The van der Waals surface area contributed by atoms with E-state index in [-0.39, 0.29) is 0 Å². The molecule has 2 nitrogen and oxygen atoms in total. The van der Waals surface area contributed by atoms with Crippen LogP contribution in [0.5, 0.6) is 5.75 Å². The molecule has 0 heterocycles. The molecule has 37 heavy (non-hydrogen) atoms. The summed E-state index contributed by atoms with van der Waals surface area (Å²) in [7, 11) is 1.07. The number of anilines is 1. The van der Waals surface area contributed by atoms with Gasteiger partial charge in [-0.1, -0.05) is 135 Å². The van der Waals surface area contributed by atoms with Gasteiger partial charge in [0, 0.05) is 17.9 Å². The second-order valence-electron chi connectivity index (χ2n) is 9.59. The first-order valence-electron chi connectivity index (χ1n) is 13.4. The lowest BCUT2D eigenvalue weighted by Gasteiger charge is -2.38. The molecule has 0 unspecified atom stereocenters. The summed E-state index contributed by atoms with van der Waals surface area (Å²) in [5, 5.41) is 4.09. The van der Waals surface area contributed by atoms with Crippen molar-refractivity contribution in [2.75, 3.05) is 18.6 Å². The van der Waals surface area contributed by atoms with Gasteiger partial charge >= 0.3 is 0 Å². The lowest BCUT2D eigenvalue weighted by atomic mass is 9.93. The SMILES string of the molecule is COc1cccc(P(c2ccccc2)c2ccccc2)c1N(C/C=C/c1ccccc1)C1CCCCC1. The molecular formula is C34H36NOP. The molecule has 3 heteroatoms. The van der Waals surface area contributed by atoms with Gasteiger partial charge in [0.05, 0.1) is 12.8 Å². The van der Waals surface area contributed by atoms with Crippen LogP contribution in [0.1, 0.15) is 37.7 Å². The second kappa shape index (κ2) is 12.7. The molecule has 188 valence electrons. The Morgan fingerprint density at radius 2 is 1.32 bits per heavy atom. The fourth-order valence-electron chi connectivity index (χ4n) is 5.41. The molecule has 0 aromatic heterocycles. The molecule has 4 aromatic rings. The van der Waals surface area contributed by atoms with E-state index in [0.717, 1.165) is 12.3 Å². The predicted octanol–water partition coefficient (Wildman–Crippen LogP) is 7.31. The number of hydrogen-bond donors (Lipinski definition) is 0. The predicted molar refractivity (Wildman–Crippen MR) is 161 cm³/mol. The molecule has 1 saturated carbocycles. The lowest BCUT2D eigenvalue weighted by Crippen LogP contribution is -2.40. The Labute approximate surface area is 223 Å². The number of methoxy groups -OCH3 is 1. The standard InChI is InChI=1S/C34H36NOP/c1-36-32-25-14-26-33(37(30-21-10-4-11-22-30)31-23-12-5-13-24-31)34(32)35(29-19-8-3-9-20-29)27-15-18-28-16-6-2-7-17-28/h2,4-7,10-18,21-26,29H,3,8-9,19-20,27H2,1H3/b18-15+. The third-order valence-corrected chi connectivity index (χ3v) is 9.65. The number of hydrogen-bond acceptors (Lipinski definition) is 2. The zero-order valence-corrected chi connectivity index (χ0v) is 22.6. The molecule has 0 radical (unpaired) electrons. The maximum Gasteiger partial charge on any atom is 0.142 e. The molecule has 1 fully saturated rings. The van der Waals surface area contributed by atoms with E-state index in [0.29, 0.717) is 6.04 Å². The summed E-state index contributed by atoms with van der Waals surface area (Å²) in [6.07, 6.45) is 11.0. The van der Waals surface area contributed by atoms with E-state index in [1.54, 1.807) is 0 Å². The first kappa shape index (κ1) is 25.3. The van der Waals surface area contributed by atoms with Gasteiger partial charge < -0.3 is 9.64 Å². The van der Waals surface area contributed by atoms with Gasteiger partial charge in [-0.15, -0.1) is 0 Å². The average molecular weight is 506 g/mol. The largest absolute Gasteiger partial charge is 0.495 e. The summed E-state index contributed by atoms with van der Waals surface area (Å²) in [4.78, 5) is 2.65. The third-order valence-electron chi connectivity index (χ3n) is 7.18. The van der Waals surface area contributed by atoms with Crippen LogP contribution in [-0.4, -0.2) is 19.7 Å². The zero-order valence-electron chi connectivity index (χ0n) is 21.7. The smallest absolute Gasteiger partial charge is 0.142 e. The van der Waals surface area contributed by atoms with Crippen molar-refractivity contribution >= 4 is 35.6 Å². The maximum absolute atomic E-state index is 6.09. The summed E-state index contributed by atoms with van der Waals surface area (Å²) >= 11 is 0. The summed E-state index contributed by atoms with van der Waals surface area (Å²) < 4.78 is 6.09. The number of ether oxygens (including phenoxy) is 1. The van der Waals surface area contributed by atoms with Crippen molar-refractivity contribution in [3.8, 4) is 5.75 Å². The van der Waals surface area contributed by atoms with Crippen LogP contribution in [-0.2, 0) is 0 Å². The highest BCUT2D eigenvalue weighted by atomic mass is 31.1. The average Bonchev–Trinajstić information content (AvgIpc) is 2.98. The fraction of sp³-hybridized carbons (Fsp3) is 0.235. The van der Waals surface area contributed by atoms with Crippen LogP contribution in [0.15, 0.2) is 115 Å². The fourth-order valence-corrected chi connectivity index (χ4v) is 7.89.